The zero-order valence-electron chi connectivity index (χ0n) is 15.0. The van der Waals surface area contributed by atoms with Gasteiger partial charge in [0.15, 0.2) is 0 Å². The van der Waals surface area contributed by atoms with Crippen LogP contribution >= 0.6 is 23.2 Å². The SMILES string of the molecule is CCOC(=O)N1CCN(C(=O)CN(c2ccc(Cl)cc2Cl)S(C)(=O)=O)CC1. The third-order valence-corrected chi connectivity index (χ3v) is 5.68. The Kier molecular flexibility index (Phi) is 7.19. The number of ether oxygens (including phenoxy) is 1. The average Bonchev–Trinajstić information content (AvgIpc) is 2.59. The zero-order valence-corrected chi connectivity index (χ0v) is 17.4. The number of amides is 2. The Bertz CT molecular complexity index is 810. The third-order valence-electron chi connectivity index (χ3n) is 4.02. The lowest BCUT2D eigenvalue weighted by atomic mass is 10.3. The molecule has 1 aliphatic rings. The van der Waals surface area contributed by atoms with E-state index >= 15 is 0 Å². The molecule has 1 aliphatic heterocycles. The number of halogens is 2. The van der Waals surface area contributed by atoms with Crippen LogP contribution in [0.1, 0.15) is 6.92 Å². The second-order valence-electron chi connectivity index (χ2n) is 5.93. The van der Waals surface area contributed by atoms with Crippen molar-refractivity contribution in [1.82, 2.24) is 9.80 Å². The van der Waals surface area contributed by atoms with Crippen LogP contribution in [0.5, 0.6) is 0 Å². The molecular formula is C16H21Cl2N3O5S. The molecule has 1 fully saturated rings. The van der Waals surface area contributed by atoms with E-state index in [9.17, 15) is 18.0 Å². The fourth-order valence-corrected chi connectivity index (χ4v) is 4.06. The van der Waals surface area contributed by atoms with Crippen LogP contribution in [0.25, 0.3) is 0 Å². The molecule has 0 aromatic heterocycles. The van der Waals surface area contributed by atoms with E-state index in [0.29, 0.717) is 31.2 Å². The first kappa shape index (κ1) is 21.6. The summed E-state index contributed by atoms with van der Waals surface area (Å²) < 4.78 is 30.3. The summed E-state index contributed by atoms with van der Waals surface area (Å²) in [5, 5.41) is 0.492. The standard InChI is InChI=1S/C16H21Cl2N3O5S/c1-3-26-16(23)20-8-6-19(7-9-20)15(22)11-21(27(2,24)25)14-5-4-12(17)10-13(14)18/h4-5,10H,3,6-9,11H2,1-2H3. The first-order valence-corrected chi connectivity index (χ1v) is 10.9. The Morgan fingerprint density at radius 2 is 1.74 bits per heavy atom. The molecule has 0 saturated carbocycles. The van der Waals surface area contributed by atoms with Crippen molar-refractivity contribution in [3.8, 4) is 0 Å². The van der Waals surface area contributed by atoms with Crippen LogP contribution < -0.4 is 4.31 Å². The van der Waals surface area contributed by atoms with Crippen molar-refractivity contribution in [3.05, 3.63) is 28.2 Å². The maximum atomic E-state index is 12.6. The predicted molar refractivity (Wildman–Crippen MR) is 104 cm³/mol. The Morgan fingerprint density at radius 3 is 2.26 bits per heavy atom. The number of sulfonamides is 1. The predicted octanol–water partition coefficient (Wildman–Crippen LogP) is 2.06. The first-order chi connectivity index (χ1) is 12.6. The average molecular weight is 438 g/mol. The highest BCUT2D eigenvalue weighted by atomic mass is 35.5. The van der Waals surface area contributed by atoms with E-state index in [2.05, 4.69) is 0 Å². The van der Waals surface area contributed by atoms with Crippen LogP contribution in [0.4, 0.5) is 10.5 Å². The zero-order chi connectivity index (χ0) is 20.2. The molecule has 11 heteroatoms. The van der Waals surface area contributed by atoms with Gasteiger partial charge < -0.3 is 14.5 Å². The van der Waals surface area contributed by atoms with Crippen molar-refractivity contribution >= 4 is 50.9 Å². The highest BCUT2D eigenvalue weighted by molar-refractivity contribution is 7.92. The summed E-state index contributed by atoms with van der Waals surface area (Å²) in [6.07, 6.45) is 0.583. The number of nitrogens with zero attached hydrogens (tertiary/aromatic N) is 3. The highest BCUT2D eigenvalue weighted by Gasteiger charge is 2.29. The number of carbonyl (C=O) groups is 2. The van der Waals surface area contributed by atoms with E-state index in [1.54, 1.807) is 6.92 Å². The lowest BCUT2D eigenvalue weighted by Crippen LogP contribution is -2.53. The summed E-state index contributed by atoms with van der Waals surface area (Å²) in [4.78, 5) is 27.4. The van der Waals surface area contributed by atoms with Crippen molar-refractivity contribution in [2.45, 2.75) is 6.92 Å². The third kappa shape index (κ3) is 5.63. The second-order valence-corrected chi connectivity index (χ2v) is 8.68. The molecule has 27 heavy (non-hydrogen) atoms. The summed E-state index contributed by atoms with van der Waals surface area (Å²) in [6, 6.07) is 4.38. The molecule has 0 radical (unpaired) electrons. The highest BCUT2D eigenvalue weighted by Crippen LogP contribution is 2.30. The molecule has 0 N–H and O–H groups in total. The number of hydrogen-bond donors (Lipinski definition) is 0. The van der Waals surface area contributed by atoms with Crippen molar-refractivity contribution in [2.75, 3.05) is 49.9 Å². The van der Waals surface area contributed by atoms with Gasteiger partial charge in [-0.15, -0.1) is 0 Å². The number of piperazine rings is 1. The van der Waals surface area contributed by atoms with E-state index in [0.717, 1.165) is 10.6 Å². The molecule has 1 aromatic carbocycles. The van der Waals surface area contributed by atoms with Gasteiger partial charge in [-0.25, -0.2) is 13.2 Å². The second kappa shape index (κ2) is 8.99. The van der Waals surface area contributed by atoms with Gasteiger partial charge >= 0.3 is 6.09 Å². The number of hydrogen-bond acceptors (Lipinski definition) is 5. The Morgan fingerprint density at radius 1 is 1.15 bits per heavy atom. The van der Waals surface area contributed by atoms with E-state index in [1.807, 2.05) is 0 Å². The number of anilines is 1. The van der Waals surface area contributed by atoms with Crippen LogP contribution in [0.15, 0.2) is 18.2 Å². The summed E-state index contributed by atoms with van der Waals surface area (Å²) in [7, 11) is -3.74. The van der Waals surface area contributed by atoms with Gasteiger partial charge in [-0.2, -0.15) is 0 Å². The van der Waals surface area contributed by atoms with E-state index in [4.69, 9.17) is 27.9 Å². The molecule has 1 saturated heterocycles. The summed E-state index contributed by atoms with van der Waals surface area (Å²) in [6.45, 7) is 2.85. The molecule has 2 rings (SSSR count). The number of benzene rings is 1. The minimum atomic E-state index is -3.74. The normalized spacial score (nSPS) is 14.8. The van der Waals surface area contributed by atoms with Gasteiger partial charge in [0.1, 0.15) is 6.54 Å². The number of rotatable bonds is 5. The van der Waals surface area contributed by atoms with Gasteiger partial charge in [0.2, 0.25) is 15.9 Å². The molecule has 8 nitrogen and oxygen atoms in total. The molecule has 0 bridgehead atoms. The van der Waals surface area contributed by atoms with Crippen LogP contribution in [-0.2, 0) is 19.6 Å². The van der Waals surface area contributed by atoms with E-state index in [-0.39, 0.29) is 29.8 Å². The molecule has 0 aliphatic carbocycles. The quantitative estimate of drug-likeness (QED) is 0.703. The maximum absolute atomic E-state index is 12.6. The van der Waals surface area contributed by atoms with Crippen molar-refractivity contribution < 1.29 is 22.7 Å². The van der Waals surface area contributed by atoms with E-state index in [1.165, 1.54) is 28.0 Å². The molecule has 0 atom stereocenters. The molecule has 1 heterocycles. The van der Waals surface area contributed by atoms with Crippen LogP contribution in [0.3, 0.4) is 0 Å². The molecule has 0 unspecified atom stereocenters. The lowest BCUT2D eigenvalue weighted by Gasteiger charge is -2.35. The van der Waals surface area contributed by atoms with E-state index < -0.39 is 16.1 Å². The number of carbonyl (C=O) groups excluding carboxylic acids is 2. The monoisotopic (exact) mass is 437 g/mol. The Labute approximate surface area is 168 Å². The molecule has 2 amide bonds. The van der Waals surface area contributed by atoms with Crippen LogP contribution in [-0.4, -0.2) is 75.8 Å². The van der Waals surface area contributed by atoms with Gasteiger partial charge in [-0.1, -0.05) is 23.2 Å². The van der Waals surface area contributed by atoms with Crippen molar-refractivity contribution in [3.63, 3.8) is 0 Å². The largest absolute Gasteiger partial charge is 0.450 e. The fourth-order valence-electron chi connectivity index (χ4n) is 2.64. The minimum absolute atomic E-state index is 0.132. The van der Waals surface area contributed by atoms with Crippen LogP contribution in [0.2, 0.25) is 10.0 Å². The first-order valence-electron chi connectivity index (χ1n) is 8.25. The molecular weight excluding hydrogens is 417 g/mol. The van der Waals surface area contributed by atoms with Crippen LogP contribution in [0, 0.1) is 0 Å². The summed E-state index contributed by atoms with van der Waals surface area (Å²) in [5.41, 5.74) is 0.182. The summed E-state index contributed by atoms with van der Waals surface area (Å²) in [5.74, 6) is -0.380. The Balaban J connectivity index is 2.08. The van der Waals surface area contributed by atoms with Gasteiger partial charge in [0.25, 0.3) is 0 Å². The van der Waals surface area contributed by atoms with Crippen molar-refractivity contribution in [1.29, 1.82) is 0 Å². The smallest absolute Gasteiger partial charge is 0.409 e. The fraction of sp³-hybridized carbons (Fsp3) is 0.500. The Hall–Kier alpha value is -1.71. The molecule has 0 spiro atoms. The maximum Gasteiger partial charge on any atom is 0.409 e. The molecule has 1 aromatic rings. The lowest BCUT2D eigenvalue weighted by molar-refractivity contribution is -0.131. The van der Waals surface area contributed by atoms with Gasteiger partial charge in [0, 0.05) is 31.2 Å². The molecule has 150 valence electrons. The van der Waals surface area contributed by atoms with Gasteiger partial charge in [-0.3, -0.25) is 9.10 Å². The summed E-state index contributed by atoms with van der Waals surface area (Å²) >= 11 is 12.0. The topological polar surface area (TPSA) is 87.2 Å². The van der Waals surface area contributed by atoms with Crippen molar-refractivity contribution in [2.24, 2.45) is 0 Å². The van der Waals surface area contributed by atoms with Gasteiger partial charge in [0.05, 0.1) is 23.6 Å². The minimum Gasteiger partial charge on any atom is -0.450 e. The van der Waals surface area contributed by atoms with Gasteiger partial charge in [-0.05, 0) is 25.1 Å².